The van der Waals surface area contributed by atoms with E-state index >= 15 is 0 Å². The smallest absolute Gasteiger partial charge is 0.0451 e. The molecule has 1 aromatic heterocycles. The van der Waals surface area contributed by atoms with E-state index in [-0.39, 0.29) is 0 Å². The normalized spacial score (nSPS) is 12.8. The molecule has 0 radical (unpaired) electrons. The van der Waals surface area contributed by atoms with Crippen LogP contribution in [-0.2, 0) is 13.6 Å². The van der Waals surface area contributed by atoms with Gasteiger partial charge >= 0.3 is 0 Å². The first-order valence-corrected chi connectivity index (χ1v) is 6.69. The number of nitrogens with one attached hydrogen (secondary N) is 1. The van der Waals surface area contributed by atoms with Crippen molar-refractivity contribution >= 4 is 0 Å². The van der Waals surface area contributed by atoms with Gasteiger partial charge in [-0.2, -0.15) is 0 Å². The van der Waals surface area contributed by atoms with Gasteiger partial charge in [0.15, 0.2) is 0 Å². The molecule has 0 amide bonds. The Hall–Kier alpha value is -1.58. The van der Waals surface area contributed by atoms with Gasteiger partial charge in [0.1, 0.15) is 0 Å². The van der Waals surface area contributed by atoms with E-state index in [1.165, 1.54) is 11.1 Å². The first-order chi connectivity index (χ1) is 9.15. The number of hydrogen-bond acceptors (Lipinski definition) is 2. The minimum absolute atomic E-state index is 0.358. The van der Waals surface area contributed by atoms with Crippen molar-refractivity contribution in [3.05, 3.63) is 59.9 Å². The van der Waals surface area contributed by atoms with Gasteiger partial charge in [0, 0.05) is 38.6 Å². The van der Waals surface area contributed by atoms with Crippen LogP contribution in [0.5, 0.6) is 0 Å². The average molecular weight is 257 g/mol. The van der Waals surface area contributed by atoms with E-state index in [4.69, 9.17) is 0 Å². The highest BCUT2D eigenvalue weighted by molar-refractivity contribution is 5.20. The zero-order valence-electron chi connectivity index (χ0n) is 12.0. The highest BCUT2D eigenvalue weighted by atomic mass is 15.1. The Labute approximate surface area is 115 Å². The number of rotatable bonds is 6. The molecule has 0 saturated carbocycles. The second-order valence-electron chi connectivity index (χ2n) is 5.29. The summed E-state index contributed by atoms with van der Waals surface area (Å²) in [6.07, 6.45) is 4.24. The Morgan fingerprint density at radius 1 is 1.16 bits per heavy atom. The minimum atomic E-state index is 0.358. The second-order valence-corrected chi connectivity index (χ2v) is 5.29. The van der Waals surface area contributed by atoms with E-state index in [1.54, 1.807) is 0 Å². The van der Waals surface area contributed by atoms with Crippen molar-refractivity contribution in [2.24, 2.45) is 7.05 Å². The summed E-state index contributed by atoms with van der Waals surface area (Å²) in [5, 5.41) is 3.64. The number of likely N-dealkylation sites (N-methyl/N-ethyl adjacent to an activating group) is 1. The molecule has 1 unspecified atom stereocenters. The number of hydrogen-bond donors (Lipinski definition) is 1. The van der Waals surface area contributed by atoms with Gasteiger partial charge in [-0.25, -0.2) is 0 Å². The molecule has 1 N–H and O–H groups in total. The number of nitrogens with zero attached hydrogens (tertiary/aromatic N) is 2. The fraction of sp³-hybridized carbons (Fsp3) is 0.375. The highest BCUT2D eigenvalue weighted by Crippen LogP contribution is 2.14. The van der Waals surface area contributed by atoms with Crippen LogP contribution in [0.4, 0.5) is 0 Å². The van der Waals surface area contributed by atoms with E-state index in [0.717, 1.165) is 13.1 Å². The molecule has 102 valence electrons. The zero-order chi connectivity index (χ0) is 13.7. The van der Waals surface area contributed by atoms with E-state index in [9.17, 15) is 0 Å². The molecule has 3 nitrogen and oxygen atoms in total. The van der Waals surface area contributed by atoms with Crippen LogP contribution in [0.3, 0.4) is 0 Å². The van der Waals surface area contributed by atoms with Crippen molar-refractivity contribution in [3.8, 4) is 0 Å². The average Bonchev–Trinajstić information content (AvgIpc) is 2.81. The van der Waals surface area contributed by atoms with Crippen molar-refractivity contribution in [2.45, 2.75) is 12.6 Å². The van der Waals surface area contributed by atoms with Gasteiger partial charge < -0.3 is 14.8 Å². The minimum Gasteiger partial charge on any atom is -0.357 e. The molecule has 0 bridgehead atoms. The van der Waals surface area contributed by atoms with Crippen molar-refractivity contribution in [1.82, 2.24) is 14.8 Å². The number of aromatic nitrogens is 1. The predicted octanol–water partition coefficient (Wildman–Crippen LogP) is 2.42. The summed E-state index contributed by atoms with van der Waals surface area (Å²) in [4.78, 5) is 2.22. The molecule has 3 heteroatoms. The second kappa shape index (κ2) is 6.55. The molecule has 0 aliphatic heterocycles. The van der Waals surface area contributed by atoms with Crippen LogP contribution in [0.25, 0.3) is 0 Å². The topological polar surface area (TPSA) is 20.2 Å². The van der Waals surface area contributed by atoms with Gasteiger partial charge in [-0.15, -0.1) is 0 Å². The van der Waals surface area contributed by atoms with Crippen LogP contribution in [0.2, 0.25) is 0 Å². The van der Waals surface area contributed by atoms with Gasteiger partial charge in [0.25, 0.3) is 0 Å². The Morgan fingerprint density at radius 3 is 2.47 bits per heavy atom. The van der Waals surface area contributed by atoms with Crippen molar-refractivity contribution in [1.29, 1.82) is 0 Å². The van der Waals surface area contributed by atoms with Crippen LogP contribution in [0.15, 0.2) is 48.8 Å². The monoisotopic (exact) mass is 257 g/mol. The lowest BCUT2D eigenvalue weighted by Crippen LogP contribution is -2.30. The summed E-state index contributed by atoms with van der Waals surface area (Å²) in [5.41, 5.74) is 2.66. The van der Waals surface area contributed by atoms with Gasteiger partial charge in [0.05, 0.1) is 0 Å². The maximum absolute atomic E-state index is 3.64. The highest BCUT2D eigenvalue weighted by Gasteiger charge is 2.11. The molecule has 0 aliphatic rings. The number of benzene rings is 1. The lowest BCUT2D eigenvalue weighted by molar-refractivity contribution is 0.340. The van der Waals surface area contributed by atoms with Gasteiger partial charge in [-0.1, -0.05) is 30.3 Å². The summed E-state index contributed by atoms with van der Waals surface area (Å²) >= 11 is 0. The van der Waals surface area contributed by atoms with Crippen LogP contribution >= 0.6 is 0 Å². The third-order valence-electron chi connectivity index (χ3n) is 3.20. The van der Waals surface area contributed by atoms with Crippen molar-refractivity contribution in [3.63, 3.8) is 0 Å². The quantitative estimate of drug-likeness (QED) is 0.857. The summed E-state index contributed by atoms with van der Waals surface area (Å²) in [5.74, 6) is 0. The predicted molar refractivity (Wildman–Crippen MR) is 80.0 cm³/mol. The van der Waals surface area contributed by atoms with E-state index < -0.39 is 0 Å². The van der Waals surface area contributed by atoms with Gasteiger partial charge in [0.2, 0.25) is 0 Å². The van der Waals surface area contributed by atoms with Crippen LogP contribution in [-0.4, -0.2) is 30.1 Å². The first kappa shape index (κ1) is 13.8. The molecule has 19 heavy (non-hydrogen) atoms. The lowest BCUT2D eigenvalue weighted by Gasteiger charge is -2.22. The van der Waals surface area contributed by atoms with Crippen LogP contribution in [0.1, 0.15) is 17.2 Å². The Balaban J connectivity index is 2.02. The van der Waals surface area contributed by atoms with Crippen molar-refractivity contribution in [2.75, 3.05) is 20.6 Å². The standard InChI is InChI=1S/C16H23N3/c1-18(2)13-16(15-7-5-4-6-8-15)17-11-14-9-10-19(3)12-14/h4-10,12,16-17H,11,13H2,1-3H3. The van der Waals surface area contributed by atoms with Gasteiger partial charge in [-0.05, 0) is 31.3 Å². The maximum Gasteiger partial charge on any atom is 0.0451 e. The Bertz CT molecular complexity index is 488. The summed E-state index contributed by atoms with van der Waals surface area (Å²) in [6.45, 7) is 1.89. The molecule has 2 rings (SSSR count). The molecule has 0 aliphatic carbocycles. The molecule has 1 aromatic carbocycles. The molecule has 1 heterocycles. The van der Waals surface area contributed by atoms with Gasteiger partial charge in [-0.3, -0.25) is 0 Å². The molecular formula is C16H23N3. The van der Waals surface area contributed by atoms with E-state index in [0.29, 0.717) is 6.04 Å². The zero-order valence-corrected chi connectivity index (χ0v) is 12.0. The summed E-state index contributed by atoms with van der Waals surface area (Å²) < 4.78 is 2.08. The maximum atomic E-state index is 3.64. The molecule has 0 fully saturated rings. The first-order valence-electron chi connectivity index (χ1n) is 6.69. The van der Waals surface area contributed by atoms with Crippen molar-refractivity contribution < 1.29 is 0 Å². The SMILES string of the molecule is CN(C)CC(NCc1ccn(C)c1)c1ccccc1. The molecular weight excluding hydrogens is 234 g/mol. The van der Waals surface area contributed by atoms with Crippen LogP contribution < -0.4 is 5.32 Å². The largest absolute Gasteiger partial charge is 0.357 e. The molecule has 0 saturated heterocycles. The Morgan fingerprint density at radius 2 is 1.89 bits per heavy atom. The Kier molecular flexibility index (Phi) is 4.77. The van der Waals surface area contributed by atoms with E-state index in [2.05, 4.69) is 84.7 Å². The number of aryl methyl sites for hydroxylation is 1. The third kappa shape index (κ3) is 4.23. The molecule has 0 spiro atoms. The lowest BCUT2D eigenvalue weighted by atomic mass is 10.1. The fourth-order valence-electron chi connectivity index (χ4n) is 2.24. The summed E-state index contributed by atoms with van der Waals surface area (Å²) in [7, 11) is 6.28. The van der Waals surface area contributed by atoms with E-state index in [1.807, 2.05) is 0 Å². The molecule has 1 atom stereocenters. The molecule has 2 aromatic rings. The fourth-order valence-corrected chi connectivity index (χ4v) is 2.24. The summed E-state index contributed by atoms with van der Waals surface area (Å²) in [6, 6.07) is 13.2. The van der Waals surface area contributed by atoms with Crippen LogP contribution in [0, 0.1) is 0 Å². The third-order valence-corrected chi connectivity index (χ3v) is 3.20.